The van der Waals surface area contributed by atoms with Crippen LogP contribution in [0.5, 0.6) is 11.5 Å². The highest BCUT2D eigenvalue weighted by atomic mass is 19.1. The van der Waals surface area contributed by atoms with Crippen LogP contribution in [0.4, 0.5) is 10.1 Å². The van der Waals surface area contributed by atoms with Crippen molar-refractivity contribution in [1.82, 2.24) is 4.90 Å². The lowest BCUT2D eigenvalue weighted by Gasteiger charge is -2.31. The van der Waals surface area contributed by atoms with Crippen molar-refractivity contribution >= 4 is 17.5 Å². The third-order valence-corrected chi connectivity index (χ3v) is 4.92. The van der Waals surface area contributed by atoms with Gasteiger partial charge >= 0.3 is 0 Å². The fourth-order valence-electron chi connectivity index (χ4n) is 3.29. The fourth-order valence-corrected chi connectivity index (χ4v) is 3.29. The highest BCUT2D eigenvalue weighted by molar-refractivity contribution is 5.96. The van der Waals surface area contributed by atoms with Crippen molar-refractivity contribution in [2.24, 2.45) is 5.92 Å². The minimum atomic E-state index is -0.529. The van der Waals surface area contributed by atoms with Gasteiger partial charge in [0.15, 0.2) is 0 Å². The second-order valence-corrected chi connectivity index (χ2v) is 6.60. The number of benzene rings is 2. The molecular formula is C21H23FN2O4. The van der Waals surface area contributed by atoms with Crippen molar-refractivity contribution in [3.8, 4) is 11.5 Å². The number of ether oxygens (including phenoxy) is 2. The molecule has 1 N–H and O–H groups in total. The minimum absolute atomic E-state index is 0.0633. The molecule has 1 aliphatic heterocycles. The number of piperidine rings is 1. The van der Waals surface area contributed by atoms with E-state index in [0.29, 0.717) is 43.1 Å². The lowest BCUT2D eigenvalue weighted by atomic mass is 9.95. The largest absolute Gasteiger partial charge is 0.497 e. The van der Waals surface area contributed by atoms with Gasteiger partial charge in [0.2, 0.25) is 5.91 Å². The maximum atomic E-state index is 13.8. The molecule has 2 aromatic rings. The second kappa shape index (κ2) is 8.73. The number of amides is 2. The number of methoxy groups -OCH3 is 2. The van der Waals surface area contributed by atoms with Crippen molar-refractivity contribution in [3.05, 3.63) is 53.8 Å². The zero-order valence-electron chi connectivity index (χ0n) is 15.9. The average Bonchev–Trinajstić information content (AvgIpc) is 2.74. The van der Waals surface area contributed by atoms with E-state index in [2.05, 4.69) is 5.32 Å². The molecule has 0 saturated carbocycles. The van der Waals surface area contributed by atoms with Crippen LogP contribution in [0.25, 0.3) is 0 Å². The molecule has 1 saturated heterocycles. The van der Waals surface area contributed by atoms with Gasteiger partial charge in [0, 0.05) is 25.1 Å². The Morgan fingerprint density at radius 2 is 1.79 bits per heavy atom. The Kier molecular flexibility index (Phi) is 6.13. The Labute approximate surface area is 163 Å². The van der Waals surface area contributed by atoms with Crippen LogP contribution in [-0.2, 0) is 4.79 Å². The van der Waals surface area contributed by atoms with Gasteiger partial charge in [-0.1, -0.05) is 12.1 Å². The number of anilines is 1. The SMILES string of the molecule is COc1ccc(NC(=O)C2CCN(C(=O)c3ccccc3F)CC2)c(OC)c1. The quantitative estimate of drug-likeness (QED) is 0.856. The van der Waals surface area contributed by atoms with E-state index in [0.717, 1.165) is 0 Å². The summed E-state index contributed by atoms with van der Waals surface area (Å²) in [6, 6.07) is 11.1. The molecule has 6 nitrogen and oxygen atoms in total. The highest BCUT2D eigenvalue weighted by Crippen LogP contribution is 2.30. The number of carbonyl (C=O) groups is 2. The Morgan fingerprint density at radius 1 is 1.07 bits per heavy atom. The Balaban J connectivity index is 1.60. The molecule has 0 atom stereocenters. The number of halogens is 1. The molecule has 148 valence electrons. The van der Waals surface area contributed by atoms with Gasteiger partial charge in [0.05, 0.1) is 25.5 Å². The summed E-state index contributed by atoms with van der Waals surface area (Å²) < 4.78 is 24.3. The number of likely N-dealkylation sites (tertiary alicyclic amines) is 1. The molecule has 0 spiro atoms. The molecule has 0 aromatic heterocycles. The van der Waals surface area contributed by atoms with Crippen LogP contribution in [0.1, 0.15) is 23.2 Å². The number of rotatable bonds is 5. The summed E-state index contributed by atoms with van der Waals surface area (Å²) in [4.78, 5) is 26.7. The van der Waals surface area contributed by atoms with E-state index in [1.807, 2.05) is 0 Å². The smallest absolute Gasteiger partial charge is 0.256 e. The van der Waals surface area contributed by atoms with Crippen molar-refractivity contribution < 1.29 is 23.5 Å². The van der Waals surface area contributed by atoms with Gasteiger partial charge in [-0.05, 0) is 37.1 Å². The van der Waals surface area contributed by atoms with Crippen LogP contribution in [-0.4, -0.2) is 44.0 Å². The molecule has 0 unspecified atom stereocenters. The molecule has 1 aliphatic rings. The van der Waals surface area contributed by atoms with E-state index in [1.54, 1.807) is 42.3 Å². The van der Waals surface area contributed by atoms with Crippen LogP contribution in [0, 0.1) is 11.7 Å². The van der Waals surface area contributed by atoms with Crippen LogP contribution in [0.2, 0.25) is 0 Å². The van der Waals surface area contributed by atoms with Crippen LogP contribution >= 0.6 is 0 Å². The molecule has 0 bridgehead atoms. The van der Waals surface area contributed by atoms with Crippen molar-refractivity contribution in [2.45, 2.75) is 12.8 Å². The average molecular weight is 386 g/mol. The molecule has 0 radical (unpaired) electrons. The van der Waals surface area contributed by atoms with Crippen molar-refractivity contribution in [3.63, 3.8) is 0 Å². The van der Waals surface area contributed by atoms with E-state index in [4.69, 9.17) is 9.47 Å². The minimum Gasteiger partial charge on any atom is -0.497 e. The van der Waals surface area contributed by atoms with E-state index in [1.165, 1.54) is 19.2 Å². The topological polar surface area (TPSA) is 67.9 Å². The Bertz CT molecular complexity index is 863. The first-order valence-electron chi connectivity index (χ1n) is 9.10. The van der Waals surface area contributed by atoms with Gasteiger partial charge in [-0.2, -0.15) is 0 Å². The van der Waals surface area contributed by atoms with Gasteiger partial charge in [-0.3, -0.25) is 9.59 Å². The first kappa shape index (κ1) is 19.7. The summed E-state index contributed by atoms with van der Waals surface area (Å²) in [5.74, 6) is -0.0691. The zero-order valence-corrected chi connectivity index (χ0v) is 15.9. The zero-order chi connectivity index (χ0) is 20.1. The highest BCUT2D eigenvalue weighted by Gasteiger charge is 2.29. The van der Waals surface area contributed by atoms with Crippen LogP contribution in [0.15, 0.2) is 42.5 Å². The van der Waals surface area contributed by atoms with Gasteiger partial charge in [-0.15, -0.1) is 0 Å². The first-order chi connectivity index (χ1) is 13.5. The molecule has 1 fully saturated rings. The predicted molar refractivity (Wildman–Crippen MR) is 103 cm³/mol. The first-order valence-corrected chi connectivity index (χ1v) is 9.10. The number of nitrogens with zero attached hydrogens (tertiary/aromatic N) is 1. The normalized spacial score (nSPS) is 14.5. The number of nitrogens with one attached hydrogen (secondary N) is 1. The van der Waals surface area contributed by atoms with Crippen molar-refractivity contribution in [2.75, 3.05) is 32.6 Å². The lowest BCUT2D eigenvalue weighted by molar-refractivity contribution is -0.121. The summed E-state index contributed by atoms with van der Waals surface area (Å²) in [5.41, 5.74) is 0.631. The Hall–Kier alpha value is -3.09. The molecule has 3 rings (SSSR count). The van der Waals surface area contributed by atoms with E-state index < -0.39 is 5.82 Å². The van der Waals surface area contributed by atoms with E-state index in [-0.39, 0.29) is 23.3 Å². The molecule has 28 heavy (non-hydrogen) atoms. The molecule has 0 aliphatic carbocycles. The molecule has 2 aromatic carbocycles. The third-order valence-electron chi connectivity index (χ3n) is 4.92. The third kappa shape index (κ3) is 4.24. The summed E-state index contributed by atoms with van der Waals surface area (Å²) in [6.07, 6.45) is 1.04. The summed E-state index contributed by atoms with van der Waals surface area (Å²) in [6.45, 7) is 0.815. The maximum absolute atomic E-state index is 13.8. The second-order valence-electron chi connectivity index (χ2n) is 6.60. The number of hydrogen-bond acceptors (Lipinski definition) is 4. The standard InChI is InChI=1S/C21H23FN2O4/c1-27-15-7-8-18(19(13-15)28-2)23-20(25)14-9-11-24(12-10-14)21(26)16-5-3-4-6-17(16)22/h3-8,13-14H,9-12H2,1-2H3,(H,23,25). The fraction of sp³-hybridized carbons (Fsp3) is 0.333. The lowest BCUT2D eigenvalue weighted by Crippen LogP contribution is -2.41. The van der Waals surface area contributed by atoms with Gasteiger partial charge in [-0.25, -0.2) is 4.39 Å². The van der Waals surface area contributed by atoms with Crippen molar-refractivity contribution in [1.29, 1.82) is 0 Å². The van der Waals surface area contributed by atoms with Gasteiger partial charge < -0.3 is 19.7 Å². The van der Waals surface area contributed by atoms with Gasteiger partial charge in [0.25, 0.3) is 5.91 Å². The van der Waals surface area contributed by atoms with Crippen LogP contribution < -0.4 is 14.8 Å². The summed E-state index contributed by atoms with van der Waals surface area (Å²) in [7, 11) is 3.08. The van der Waals surface area contributed by atoms with E-state index in [9.17, 15) is 14.0 Å². The summed E-state index contributed by atoms with van der Waals surface area (Å²) in [5, 5.41) is 2.88. The number of carbonyl (C=O) groups excluding carboxylic acids is 2. The maximum Gasteiger partial charge on any atom is 0.256 e. The van der Waals surface area contributed by atoms with Gasteiger partial charge in [0.1, 0.15) is 17.3 Å². The van der Waals surface area contributed by atoms with E-state index >= 15 is 0 Å². The monoisotopic (exact) mass is 386 g/mol. The molecule has 7 heteroatoms. The Morgan fingerprint density at radius 3 is 2.43 bits per heavy atom. The molecule has 1 heterocycles. The predicted octanol–water partition coefficient (Wildman–Crippen LogP) is 3.33. The molecular weight excluding hydrogens is 363 g/mol. The summed E-state index contributed by atoms with van der Waals surface area (Å²) >= 11 is 0. The van der Waals surface area contributed by atoms with Crippen LogP contribution in [0.3, 0.4) is 0 Å². The molecule has 2 amide bonds. The number of hydrogen-bond donors (Lipinski definition) is 1.